The van der Waals surface area contributed by atoms with Crippen molar-refractivity contribution in [1.82, 2.24) is 10.1 Å². The molecule has 2 heterocycles. The molecule has 0 bridgehead atoms. The van der Waals surface area contributed by atoms with Crippen molar-refractivity contribution < 1.29 is 9.32 Å². The summed E-state index contributed by atoms with van der Waals surface area (Å²) < 4.78 is 5.00. The summed E-state index contributed by atoms with van der Waals surface area (Å²) in [4.78, 5) is 16.7. The Balaban J connectivity index is 1.84. The Morgan fingerprint density at radius 3 is 2.57 bits per heavy atom. The third-order valence-corrected chi connectivity index (χ3v) is 3.59. The third-order valence-electron chi connectivity index (χ3n) is 3.59. The minimum absolute atomic E-state index is 0.110. The van der Waals surface area contributed by atoms with Crippen molar-refractivity contribution >= 4 is 11.7 Å². The maximum atomic E-state index is 12.7. The van der Waals surface area contributed by atoms with Crippen molar-refractivity contribution in [3.8, 4) is 0 Å². The molecule has 0 aliphatic carbocycles. The van der Waals surface area contributed by atoms with Gasteiger partial charge in [0.25, 0.3) is 0 Å². The van der Waals surface area contributed by atoms with Gasteiger partial charge < -0.3 is 9.84 Å². The molecule has 0 radical (unpaired) electrons. The zero-order valence-corrected chi connectivity index (χ0v) is 12.8. The van der Waals surface area contributed by atoms with Gasteiger partial charge in [-0.25, -0.2) is 0 Å². The minimum atomic E-state index is -0.310. The molecule has 23 heavy (non-hydrogen) atoms. The van der Waals surface area contributed by atoms with Crippen molar-refractivity contribution in [2.75, 3.05) is 5.32 Å². The summed E-state index contributed by atoms with van der Waals surface area (Å²) in [5, 5.41) is 6.64. The van der Waals surface area contributed by atoms with E-state index in [9.17, 15) is 4.79 Å². The van der Waals surface area contributed by atoms with Crippen molar-refractivity contribution in [1.29, 1.82) is 0 Å². The second-order valence-corrected chi connectivity index (χ2v) is 5.33. The van der Waals surface area contributed by atoms with Gasteiger partial charge in [0.2, 0.25) is 5.91 Å². The van der Waals surface area contributed by atoms with E-state index in [0.29, 0.717) is 18.0 Å². The summed E-state index contributed by atoms with van der Waals surface area (Å²) in [5.74, 6) is 0.672. The Hall–Kier alpha value is -2.95. The van der Waals surface area contributed by atoms with E-state index in [1.165, 1.54) is 0 Å². The number of amides is 1. The number of benzene rings is 1. The van der Waals surface area contributed by atoms with Crippen LogP contribution in [0.5, 0.6) is 0 Å². The molecule has 2 aromatic heterocycles. The van der Waals surface area contributed by atoms with Gasteiger partial charge in [0.05, 0.1) is 5.92 Å². The first kappa shape index (κ1) is 15.0. The summed E-state index contributed by atoms with van der Waals surface area (Å²) in [7, 11) is 0. The third kappa shape index (κ3) is 3.83. The Morgan fingerprint density at radius 1 is 1.17 bits per heavy atom. The number of nitrogens with zero attached hydrogens (tertiary/aromatic N) is 2. The highest BCUT2D eigenvalue weighted by Crippen LogP contribution is 2.23. The largest absolute Gasteiger partial charge is 0.360 e. The fourth-order valence-electron chi connectivity index (χ4n) is 2.44. The average Bonchev–Trinajstić information content (AvgIpc) is 2.99. The first-order valence-corrected chi connectivity index (χ1v) is 7.40. The molecule has 5 heteroatoms. The van der Waals surface area contributed by atoms with Gasteiger partial charge in [-0.15, -0.1) is 0 Å². The first-order valence-electron chi connectivity index (χ1n) is 7.40. The highest BCUT2D eigenvalue weighted by molar-refractivity contribution is 5.95. The van der Waals surface area contributed by atoms with Crippen LogP contribution in [0.2, 0.25) is 0 Å². The van der Waals surface area contributed by atoms with Gasteiger partial charge in [0.15, 0.2) is 5.82 Å². The van der Waals surface area contributed by atoms with Crippen molar-refractivity contribution in [2.45, 2.75) is 19.3 Å². The van der Waals surface area contributed by atoms with Gasteiger partial charge in [0.1, 0.15) is 5.76 Å². The van der Waals surface area contributed by atoms with Crippen LogP contribution in [0.15, 0.2) is 65.4 Å². The number of aromatic nitrogens is 2. The van der Waals surface area contributed by atoms with E-state index in [0.717, 1.165) is 11.1 Å². The predicted molar refractivity (Wildman–Crippen MR) is 87.0 cm³/mol. The topological polar surface area (TPSA) is 68.0 Å². The molecule has 3 rings (SSSR count). The molecule has 3 aromatic rings. The number of hydrogen-bond donors (Lipinski definition) is 1. The minimum Gasteiger partial charge on any atom is -0.360 e. The fourth-order valence-corrected chi connectivity index (χ4v) is 2.44. The summed E-state index contributed by atoms with van der Waals surface area (Å²) in [6.45, 7) is 1.79. The van der Waals surface area contributed by atoms with Crippen LogP contribution in [0, 0.1) is 6.92 Å². The van der Waals surface area contributed by atoms with Gasteiger partial charge in [0, 0.05) is 18.5 Å². The number of hydrogen-bond acceptors (Lipinski definition) is 4. The van der Waals surface area contributed by atoms with Gasteiger partial charge in [-0.2, -0.15) is 0 Å². The van der Waals surface area contributed by atoms with E-state index >= 15 is 0 Å². The quantitative estimate of drug-likeness (QED) is 0.785. The molecular formula is C18H17N3O2. The molecule has 1 aromatic carbocycles. The molecule has 5 nitrogen and oxygen atoms in total. The molecule has 0 aliphatic rings. The van der Waals surface area contributed by atoms with E-state index in [2.05, 4.69) is 15.5 Å². The number of rotatable bonds is 5. The standard InChI is InChI=1S/C18H17N3O2/c1-13-11-17(21-23-13)20-18(22)16(15-5-3-2-4-6-15)12-14-7-9-19-10-8-14/h2-11,16H,12H2,1H3,(H,20,21,22). The predicted octanol–water partition coefficient (Wildman–Crippen LogP) is 3.34. The summed E-state index contributed by atoms with van der Waals surface area (Å²) in [6, 6.07) is 15.3. The maximum absolute atomic E-state index is 12.7. The summed E-state index contributed by atoms with van der Waals surface area (Å²) in [6.07, 6.45) is 4.06. The number of anilines is 1. The van der Waals surface area contributed by atoms with Crippen LogP contribution in [-0.4, -0.2) is 16.0 Å². The van der Waals surface area contributed by atoms with Crippen LogP contribution in [0.25, 0.3) is 0 Å². The average molecular weight is 307 g/mol. The highest BCUT2D eigenvalue weighted by Gasteiger charge is 2.22. The molecule has 1 atom stereocenters. The molecule has 1 N–H and O–H groups in total. The van der Waals surface area contributed by atoms with Gasteiger partial charge in [-0.1, -0.05) is 35.5 Å². The monoisotopic (exact) mass is 307 g/mol. The normalized spacial score (nSPS) is 11.9. The Kier molecular flexibility index (Phi) is 4.47. The van der Waals surface area contributed by atoms with Crippen LogP contribution < -0.4 is 5.32 Å². The SMILES string of the molecule is Cc1cc(NC(=O)C(Cc2ccncc2)c2ccccc2)no1. The molecule has 0 aliphatic heterocycles. The number of aryl methyl sites for hydroxylation is 1. The van der Waals surface area contributed by atoms with Gasteiger partial charge in [-0.3, -0.25) is 9.78 Å². The summed E-state index contributed by atoms with van der Waals surface area (Å²) in [5.41, 5.74) is 2.02. The van der Waals surface area contributed by atoms with Crippen LogP contribution in [0.1, 0.15) is 22.8 Å². The molecule has 1 amide bonds. The summed E-state index contributed by atoms with van der Waals surface area (Å²) >= 11 is 0. The van der Waals surface area contributed by atoms with Crippen molar-refractivity contribution in [2.24, 2.45) is 0 Å². The van der Waals surface area contributed by atoms with Crippen LogP contribution in [-0.2, 0) is 11.2 Å². The Morgan fingerprint density at radius 2 is 1.91 bits per heavy atom. The van der Waals surface area contributed by atoms with Crippen LogP contribution in [0.4, 0.5) is 5.82 Å². The van der Waals surface area contributed by atoms with Crippen LogP contribution >= 0.6 is 0 Å². The number of carbonyl (C=O) groups excluding carboxylic acids is 1. The van der Waals surface area contributed by atoms with E-state index in [-0.39, 0.29) is 11.8 Å². The Labute approximate surface area is 134 Å². The lowest BCUT2D eigenvalue weighted by atomic mass is 9.91. The first-order chi connectivity index (χ1) is 11.2. The molecule has 0 fully saturated rings. The lowest BCUT2D eigenvalue weighted by Gasteiger charge is -2.16. The zero-order chi connectivity index (χ0) is 16.1. The lowest BCUT2D eigenvalue weighted by molar-refractivity contribution is -0.117. The van der Waals surface area contributed by atoms with E-state index < -0.39 is 0 Å². The molecule has 0 saturated heterocycles. The Bertz CT molecular complexity index is 769. The highest BCUT2D eigenvalue weighted by atomic mass is 16.5. The number of carbonyl (C=O) groups is 1. The second kappa shape index (κ2) is 6.87. The van der Waals surface area contributed by atoms with E-state index in [1.54, 1.807) is 25.4 Å². The molecule has 0 saturated carbocycles. The smallest absolute Gasteiger partial charge is 0.233 e. The maximum Gasteiger partial charge on any atom is 0.233 e. The van der Waals surface area contributed by atoms with Gasteiger partial charge in [-0.05, 0) is 36.6 Å². The van der Waals surface area contributed by atoms with Gasteiger partial charge >= 0.3 is 0 Å². The van der Waals surface area contributed by atoms with E-state index in [1.807, 2.05) is 42.5 Å². The molecule has 1 unspecified atom stereocenters. The molecule has 0 spiro atoms. The van der Waals surface area contributed by atoms with Crippen molar-refractivity contribution in [3.63, 3.8) is 0 Å². The zero-order valence-electron chi connectivity index (χ0n) is 12.8. The van der Waals surface area contributed by atoms with Crippen LogP contribution in [0.3, 0.4) is 0 Å². The van der Waals surface area contributed by atoms with E-state index in [4.69, 9.17) is 4.52 Å². The molecule has 116 valence electrons. The number of nitrogens with one attached hydrogen (secondary N) is 1. The number of pyridine rings is 1. The van der Waals surface area contributed by atoms with Crippen molar-refractivity contribution in [3.05, 3.63) is 77.8 Å². The lowest BCUT2D eigenvalue weighted by Crippen LogP contribution is -2.23. The molecular weight excluding hydrogens is 290 g/mol. The second-order valence-electron chi connectivity index (χ2n) is 5.33. The fraction of sp³-hybridized carbons (Fsp3) is 0.167.